The lowest BCUT2D eigenvalue weighted by molar-refractivity contribution is -0.153. The molecule has 0 radical (unpaired) electrons. The van der Waals surface area contributed by atoms with Gasteiger partial charge in [0.2, 0.25) is 0 Å². The number of carbonyl (C=O) groups excluding carboxylic acids is 3. The first-order valence-electron chi connectivity index (χ1n) is 7.59. The number of esters is 1. The van der Waals surface area contributed by atoms with Gasteiger partial charge in [-0.3, -0.25) is 9.69 Å². The smallest absolute Gasteiger partial charge is 0.331 e. The number of ether oxygens (including phenoxy) is 2. The van der Waals surface area contributed by atoms with Gasteiger partial charge >= 0.3 is 12.0 Å². The van der Waals surface area contributed by atoms with E-state index in [1.165, 1.54) is 19.1 Å². The fourth-order valence-corrected chi connectivity index (χ4v) is 2.12. The number of imide groups is 1. The summed E-state index contributed by atoms with van der Waals surface area (Å²) in [5.74, 6) is -0.703. The van der Waals surface area contributed by atoms with Gasteiger partial charge in [0.05, 0.1) is 0 Å². The number of carbonyl (C=O) groups is 3. The average Bonchev–Trinajstić information content (AvgIpc) is 3.04. The third kappa shape index (κ3) is 5.07. The Kier molecular flexibility index (Phi) is 6.12. The fraction of sp³-hybridized carbons (Fsp3) is 0.294. The molecule has 1 aliphatic heterocycles. The van der Waals surface area contributed by atoms with E-state index < -0.39 is 24.0 Å². The number of benzene rings is 1. The predicted octanol–water partition coefficient (Wildman–Crippen LogP) is 1.09. The van der Waals surface area contributed by atoms with Crippen LogP contribution in [0.1, 0.15) is 12.5 Å². The van der Waals surface area contributed by atoms with Gasteiger partial charge < -0.3 is 14.8 Å². The highest BCUT2D eigenvalue weighted by molar-refractivity contribution is 5.99. The predicted molar refractivity (Wildman–Crippen MR) is 87.2 cm³/mol. The second kappa shape index (κ2) is 8.49. The van der Waals surface area contributed by atoms with Crippen LogP contribution in [0, 0.1) is 11.3 Å². The quantitative estimate of drug-likeness (QED) is 0.612. The van der Waals surface area contributed by atoms with E-state index in [4.69, 9.17) is 14.7 Å². The summed E-state index contributed by atoms with van der Waals surface area (Å²) in [6.45, 7) is 2.03. The van der Waals surface area contributed by atoms with E-state index in [1.54, 1.807) is 24.3 Å². The lowest BCUT2D eigenvalue weighted by Crippen LogP contribution is -2.41. The molecule has 130 valence electrons. The highest BCUT2D eigenvalue weighted by atomic mass is 16.5. The maximum atomic E-state index is 12.0. The molecule has 0 saturated carbocycles. The normalized spacial score (nSPS) is 14.7. The van der Waals surface area contributed by atoms with Crippen molar-refractivity contribution in [2.45, 2.75) is 13.0 Å². The Morgan fingerprint density at radius 1 is 1.40 bits per heavy atom. The Bertz CT molecular complexity index is 721. The Morgan fingerprint density at radius 3 is 2.72 bits per heavy atom. The van der Waals surface area contributed by atoms with E-state index in [0.29, 0.717) is 12.3 Å². The molecule has 8 nitrogen and oxygen atoms in total. The molecule has 1 aromatic carbocycles. The Labute approximate surface area is 144 Å². The minimum absolute atomic E-state index is 0.0392. The third-order valence-corrected chi connectivity index (χ3v) is 3.36. The standard InChI is InChI=1S/C17H17N3O5/c1-12(16(22)20-10-9-19-17(20)23)25-15(21)7-4-13-2-5-14(6-3-13)24-11-8-18/h2-7,12H,9-11H2,1H3,(H,19,23)/b7-4+. The summed E-state index contributed by atoms with van der Waals surface area (Å²) >= 11 is 0. The Hall–Kier alpha value is -3.34. The van der Waals surface area contributed by atoms with E-state index in [0.717, 1.165) is 10.5 Å². The Balaban J connectivity index is 1.86. The fourth-order valence-electron chi connectivity index (χ4n) is 2.12. The maximum absolute atomic E-state index is 12.0. The van der Waals surface area contributed by atoms with Gasteiger partial charge in [0.1, 0.15) is 11.8 Å². The summed E-state index contributed by atoms with van der Waals surface area (Å²) < 4.78 is 10.1. The number of nitrogens with zero attached hydrogens (tertiary/aromatic N) is 2. The van der Waals surface area contributed by atoms with Crippen molar-refractivity contribution < 1.29 is 23.9 Å². The second-order valence-corrected chi connectivity index (χ2v) is 5.15. The minimum atomic E-state index is -1.05. The minimum Gasteiger partial charge on any atom is -0.479 e. The molecule has 3 amide bonds. The van der Waals surface area contributed by atoms with Crippen LogP contribution in [-0.2, 0) is 14.3 Å². The molecule has 0 aromatic heterocycles. The molecule has 0 aliphatic carbocycles. The van der Waals surface area contributed by atoms with Crippen molar-refractivity contribution in [3.63, 3.8) is 0 Å². The number of amides is 3. The first-order valence-corrected chi connectivity index (χ1v) is 7.59. The molecule has 1 N–H and O–H groups in total. The molecule has 0 spiro atoms. The van der Waals surface area contributed by atoms with Crippen molar-refractivity contribution >= 4 is 24.0 Å². The molecule has 1 atom stereocenters. The summed E-state index contributed by atoms with van der Waals surface area (Å²) in [6.07, 6.45) is 1.66. The zero-order chi connectivity index (χ0) is 18.2. The maximum Gasteiger partial charge on any atom is 0.331 e. The zero-order valence-corrected chi connectivity index (χ0v) is 13.6. The van der Waals surface area contributed by atoms with Gasteiger partial charge in [-0.2, -0.15) is 5.26 Å². The van der Waals surface area contributed by atoms with Crippen LogP contribution in [0.3, 0.4) is 0 Å². The Morgan fingerprint density at radius 2 is 2.12 bits per heavy atom. The van der Waals surface area contributed by atoms with Crippen molar-refractivity contribution in [1.82, 2.24) is 10.2 Å². The summed E-state index contributed by atoms with van der Waals surface area (Å²) in [5.41, 5.74) is 0.721. The number of rotatable bonds is 6. The van der Waals surface area contributed by atoms with Gasteiger partial charge in [-0.05, 0) is 30.7 Å². The summed E-state index contributed by atoms with van der Waals surface area (Å²) in [6, 6.07) is 8.13. The zero-order valence-electron chi connectivity index (χ0n) is 13.6. The van der Waals surface area contributed by atoms with Crippen molar-refractivity contribution in [2.24, 2.45) is 0 Å². The van der Waals surface area contributed by atoms with Crippen molar-refractivity contribution in [1.29, 1.82) is 5.26 Å². The molecular formula is C17H17N3O5. The van der Waals surface area contributed by atoms with Crippen LogP contribution < -0.4 is 10.1 Å². The second-order valence-electron chi connectivity index (χ2n) is 5.15. The SMILES string of the molecule is CC(OC(=O)/C=C/c1ccc(OCC#N)cc1)C(=O)N1CCNC1=O. The number of hydrogen-bond donors (Lipinski definition) is 1. The van der Waals surface area contributed by atoms with E-state index in [-0.39, 0.29) is 13.2 Å². The molecule has 1 unspecified atom stereocenters. The van der Waals surface area contributed by atoms with Gasteiger partial charge in [-0.1, -0.05) is 12.1 Å². The van der Waals surface area contributed by atoms with Crippen LogP contribution in [0.25, 0.3) is 6.08 Å². The van der Waals surface area contributed by atoms with Crippen LogP contribution in [0.15, 0.2) is 30.3 Å². The van der Waals surface area contributed by atoms with Gasteiger partial charge in [-0.15, -0.1) is 0 Å². The molecule has 25 heavy (non-hydrogen) atoms. The number of nitrogens with one attached hydrogen (secondary N) is 1. The number of urea groups is 1. The molecular weight excluding hydrogens is 326 g/mol. The van der Waals surface area contributed by atoms with Crippen molar-refractivity contribution in [3.8, 4) is 11.8 Å². The van der Waals surface area contributed by atoms with Crippen molar-refractivity contribution in [2.75, 3.05) is 19.7 Å². The lowest BCUT2D eigenvalue weighted by Gasteiger charge is -2.17. The average molecular weight is 343 g/mol. The summed E-state index contributed by atoms with van der Waals surface area (Å²) in [7, 11) is 0. The molecule has 1 aromatic rings. The molecule has 0 bridgehead atoms. The van der Waals surface area contributed by atoms with Crippen LogP contribution in [-0.4, -0.2) is 48.6 Å². The summed E-state index contributed by atoms with van der Waals surface area (Å²) in [5, 5.41) is 10.9. The van der Waals surface area contributed by atoms with Crippen LogP contribution in [0.4, 0.5) is 4.79 Å². The summed E-state index contributed by atoms with van der Waals surface area (Å²) in [4.78, 5) is 36.2. The highest BCUT2D eigenvalue weighted by Gasteiger charge is 2.31. The van der Waals surface area contributed by atoms with Crippen LogP contribution in [0.5, 0.6) is 5.75 Å². The van der Waals surface area contributed by atoms with Gasteiger partial charge in [0.15, 0.2) is 12.7 Å². The number of hydrogen-bond acceptors (Lipinski definition) is 6. The van der Waals surface area contributed by atoms with E-state index in [2.05, 4.69) is 5.32 Å². The molecule has 1 saturated heterocycles. The molecule has 2 rings (SSSR count). The highest BCUT2D eigenvalue weighted by Crippen LogP contribution is 2.13. The van der Waals surface area contributed by atoms with Crippen LogP contribution in [0.2, 0.25) is 0 Å². The van der Waals surface area contributed by atoms with E-state index in [9.17, 15) is 14.4 Å². The largest absolute Gasteiger partial charge is 0.479 e. The molecule has 1 fully saturated rings. The van der Waals surface area contributed by atoms with Gasteiger partial charge in [0, 0.05) is 19.2 Å². The van der Waals surface area contributed by atoms with E-state index >= 15 is 0 Å². The van der Waals surface area contributed by atoms with E-state index in [1.807, 2.05) is 6.07 Å². The van der Waals surface area contributed by atoms with Crippen LogP contribution >= 0.6 is 0 Å². The monoisotopic (exact) mass is 343 g/mol. The topological polar surface area (TPSA) is 109 Å². The van der Waals surface area contributed by atoms with Gasteiger partial charge in [0.25, 0.3) is 5.91 Å². The molecule has 1 heterocycles. The lowest BCUT2D eigenvalue weighted by atomic mass is 10.2. The first-order chi connectivity index (χ1) is 12.0. The van der Waals surface area contributed by atoms with Crippen molar-refractivity contribution in [3.05, 3.63) is 35.9 Å². The number of nitriles is 1. The van der Waals surface area contributed by atoms with Gasteiger partial charge in [-0.25, -0.2) is 9.59 Å². The first kappa shape index (κ1) is 18.0. The molecule has 8 heteroatoms. The third-order valence-electron chi connectivity index (χ3n) is 3.36. The molecule has 1 aliphatic rings.